The number of carbonyl (C=O) groups is 1. The average Bonchev–Trinajstić information content (AvgIpc) is 3.07. The van der Waals surface area contributed by atoms with Crippen molar-refractivity contribution in [3.8, 4) is 0 Å². The molecule has 0 fully saturated rings. The van der Waals surface area contributed by atoms with Gasteiger partial charge < -0.3 is 8.98 Å². The molecule has 4 aromatic rings. The van der Waals surface area contributed by atoms with Gasteiger partial charge in [0.25, 0.3) is 0 Å². The van der Waals surface area contributed by atoms with Gasteiger partial charge in [0.15, 0.2) is 5.76 Å². The molecule has 0 spiro atoms. The van der Waals surface area contributed by atoms with E-state index in [4.69, 9.17) is 4.42 Å². The van der Waals surface area contributed by atoms with Crippen molar-refractivity contribution in [2.45, 2.75) is 13.5 Å². The number of fused-ring (bicyclic) bond motifs is 1. The Morgan fingerprint density at radius 1 is 1.00 bits per heavy atom. The predicted octanol–water partition coefficient (Wildman–Crippen LogP) is 4.33. The van der Waals surface area contributed by atoms with Gasteiger partial charge in [0.1, 0.15) is 11.1 Å². The molecule has 0 atom stereocenters. The van der Waals surface area contributed by atoms with Crippen LogP contribution in [0.25, 0.3) is 11.0 Å². The Balaban J connectivity index is 1.70. The van der Waals surface area contributed by atoms with Crippen LogP contribution in [0.2, 0.25) is 0 Å². The number of benzene rings is 2. The Bertz CT molecular complexity index is 1140. The minimum absolute atomic E-state index is 0.251. The van der Waals surface area contributed by atoms with Gasteiger partial charge in [-0.1, -0.05) is 48.0 Å². The number of carbonyl (C=O) groups excluding carboxylic acids is 1. The van der Waals surface area contributed by atoms with Crippen molar-refractivity contribution < 1.29 is 9.21 Å². The summed E-state index contributed by atoms with van der Waals surface area (Å²) in [7, 11) is 0. The number of pyridine rings is 1. The maximum atomic E-state index is 12.6. The second kappa shape index (κ2) is 6.84. The quantitative estimate of drug-likeness (QED) is 0.556. The van der Waals surface area contributed by atoms with Crippen LogP contribution in [0.4, 0.5) is 0 Å². The van der Waals surface area contributed by atoms with E-state index in [-0.39, 0.29) is 11.7 Å². The molecule has 0 aliphatic heterocycles. The molecule has 4 rings (SSSR count). The minimum atomic E-state index is -0.383. The predicted molar refractivity (Wildman–Crippen MR) is 101 cm³/mol. The van der Waals surface area contributed by atoms with Crippen LogP contribution < -0.4 is 5.49 Å². The fourth-order valence-electron chi connectivity index (χ4n) is 2.91. The first-order chi connectivity index (χ1) is 12.7. The van der Waals surface area contributed by atoms with E-state index < -0.39 is 0 Å². The molecule has 4 heteroatoms. The summed E-state index contributed by atoms with van der Waals surface area (Å²) in [4.78, 5) is 16.9. The highest BCUT2D eigenvalue weighted by Crippen LogP contribution is 2.21. The van der Waals surface area contributed by atoms with E-state index in [1.807, 2.05) is 84.4 Å². The highest BCUT2D eigenvalue weighted by atomic mass is 16.3. The largest absolute Gasteiger partial charge is 0.451 e. The Labute approximate surface area is 151 Å². The van der Waals surface area contributed by atoms with Crippen LogP contribution >= 0.6 is 0 Å². The SMILES string of the molecule is Cc1ccc2oc(C(=O)N=c3ccccn3Cc3ccccc3)cc2c1. The van der Waals surface area contributed by atoms with E-state index in [0.29, 0.717) is 17.6 Å². The Morgan fingerprint density at radius 3 is 2.65 bits per heavy atom. The van der Waals surface area contributed by atoms with Crippen LogP contribution in [-0.2, 0) is 6.54 Å². The molecule has 0 radical (unpaired) electrons. The molecule has 0 unspecified atom stereocenters. The molecule has 0 bridgehead atoms. The fraction of sp³-hybridized carbons (Fsp3) is 0.0909. The summed E-state index contributed by atoms with van der Waals surface area (Å²) in [5.41, 5.74) is 3.56. The lowest BCUT2D eigenvalue weighted by atomic mass is 10.2. The summed E-state index contributed by atoms with van der Waals surface area (Å²) in [6, 6.07) is 23.3. The van der Waals surface area contributed by atoms with Gasteiger partial charge in [-0.3, -0.25) is 4.79 Å². The molecule has 0 saturated heterocycles. The van der Waals surface area contributed by atoms with Crippen molar-refractivity contribution in [3.63, 3.8) is 0 Å². The number of nitrogens with zero attached hydrogens (tertiary/aromatic N) is 2. The van der Waals surface area contributed by atoms with Gasteiger partial charge in [-0.2, -0.15) is 4.99 Å². The molecular weight excluding hydrogens is 324 g/mol. The molecule has 26 heavy (non-hydrogen) atoms. The first kappa shape index (κ1) is 16.1. The third kappa shape index (κ3) is 3.35. The number of furan rings is 1. The van der Waals surface area contributed by atoms with Gasteiger partial charge in [0.05, 0.1) is 0 Å². The third-order valence-corrected chi connectivity index (χ3v) is 4.21. The van der Waals surface area contributed by atoms with Crippen LogP contribution in [0, 0.1) is 6.92 Å². The van der Waals surface area contributed by atoms with Gasteiger partial charge in [-0.15, -0.1) is 0 Å². The second-order valence-corrected chi connectivity index (χ2v) is 6.24. The molecule has 0 aliphatic carbocycles. The molecule has 128 valence electrons. The Hall–Kier alpha value is -3.40. The minimum Gasteiger partial charge on any atom is -0.451 e. The maximum Gasteiger partial charge on any atom is 0.314 e. The zero-order valence-corrected chi connectivity index (χ0v) is 14.4. The molecular formula is C22H18N2O2. The zero-order chi connectivity index (χ0) is 17.9. The van der Waals surface area contributed by atoms with E-state index in [0.717, 1.165) is 16.5 Å². The van der Waals surface area contributed by atoms with E-state index in [9.17, 15) is 4.79 Å². The molecule has 2 aromatic heterocycles. The Kier molecular flexibility index (Phi) is 4.23. The fourth-order valence-corrected chi connectivity index (χ4v) is 2.91. The molecule has 0 saturated carbocycles. The Morgan fingerprint density at radius 2 is 1.81 bits per heavy atom. The summed E-state index contributed by atoms with van der Waals surface area (Å²) in [6.07, 6.45) is 1.92. The highest BCUT2D eigenvalue weighted by Gasteiger charge is 2.11. The summed E-state index contributed by atoms with van der Waals surface area (Å²) in [6.45, 7) is 2.65. The number of amides is 1. The third-order valence-electron chi connectivity index (χ3n) is 4.21. The average molecular weight is 342 g/mol. The normalized spacial score (nSPS) is 11.8. The number of aromatic nitrogens is 1. The van der Waals surface area contributed by atoms with E-state index >= 15 is 0 Å². The maximum absolute atomic E-state index is 12.6. The van der Waals surface area contributed by atoms with Gasteiger partial charge in [0.2, 0.25) is 0 Å². The van der Waals surface area contributed by atoms with Crippen molar-refractivity contribution in [1.82, 2.24) is 4.57 Å². The topological polar surface area (TPSA) is 47.5 Å². The number of aryl methyl sites for hydroxylation is 1. The van der Waals surface area contributed by atoms with Crippen molar-refractivity contribution in [2.75, 3.05) is 0 Å². The van der Waals surface area contributed by atoms with Crippen LogP contribution in [0.3, 0.4) is 0 Å². The molecule has 0 N–H and O–H groups in total. The summed E-state index contributed by atoms with van der Waals surface area (Å²) in [5, 5.41) is 0.911. The summed E-state index contributed by atoms with van der Waals surface area (Å²) in [5.74, 6) is -0.132. The molecule has 2 heterocycles. The lowest BCUT2D eigenvalue weighted by Crippen LogP contribution is -2.22. The lowest BCUT2D eigenvalue weighted by molar-refractivity contribution is 0.0973. The van der Waals surface area contributed by atoms with E-state index in [2.05, 4.69) is 4.99 Å². The van der Waals surface area contributed by atoms with E-state index in [1.165, 1.54) is 0 Å². The first-order valence-corrected chi connectivity index (χ1v) is 8.48. The van der Waals surface area contributed by atoms with Crippen molar-refractivity contribution in [1.29, 1.82) is 0 Å². The molecule has 1 amide bonds. The van der Waals surface area contributed by atoms with Crippen molar-refractivity contribution in [2.24, 2.45) is 4.99 Å². The highest BCUT2D eigenvalue weighted by molar-refractivity contribution is 5.96. The van der Waals surface area contributed by atoms with Gasteiger partial charge in [-0.25, -0.2) is 0 Å². The van der Waals surface area contributed by atoms with Gasteiger partial charge in [-0.05, 0) is 42.8 Å². The standard InChI is InChI=1S/C22H18N2O2/c1-16-10-11-19-18(13-16)14-20(26-19)22(25)23-21-9-5-6-12-24(21)15-17-7-3-2-4-8-17/h2-14H,15H2,1H3. The van der Waals surface area contributed by atoms with Crippen LogP contribution in [-0.4, -0.2) is 10.5 Å². The van der Waals surface area contributed by atoms with Crippen LogP contribution in [0.1, 0.15) is 21.7 Å². The number of hydrogen-bond donors (Lipinski definition) is 0. The van der Waals surface area contributed by atoms with Crippen LogP contribution in [0.15, 0.2) is 88.4 Å². The second-order valence-electron chi connectivity index (χ2n) is 6.24. The lowest BCUT2D eigenvalue weighted by Gasteiger charge is -2.07. The summed E-state index contributed by atoms with van der Waals surface area (Å²) < 4.78 is 7.61. The smallest absolute Gasteiger partial charge is 0.314 e. The number of hydrogen-bond acceptors (Lipinski definition) is 2. The zero-order valence-electron chi connectivity index (χ0n) is 14.4. The van der Waals surface area contributed by atoms with Crippen molar-refractivity contribution >= 4 is 16.9 Å². The van der Waals surface area contributed by atoms with Crippen molar-refractivity contribution in [3.05, 3.63) is 101 Å². The first-order valence-electron chi connectivity index (χ1n) is 8.48. The van der Waals surface area contributed by atoms with Gasteiger partial charge in [0, 0.05) is 18.1 Å². The number of rotatable bonds is 3. The van der Waals surface area contributed by atoms with Gasteiger partial charge >= 0.3 is 5.91 Å². The molecule has 4 nitrogen and oxygen atoms in total. The molecule has 0 aliphatic rings. The molecule has 2 aromatic carbocycles. The van der Waals surface area contributed by atoms with Crippen LogP contribution in [0.5, 0.6) is 0 Å². The van der Waals surface area contributed by atoms with E-state index in [1.54, 1.807) is 6.07 Å². The monoisotopic (exact) mass is 342 g/mol. The summed E-state index contributed by atoms with van der Waals surface area (Å²) >= 11 is 0.